The molecule has 132 valence electrons. The fraction of sp³-hybridized carbons (Fsp3) is 0.450. The van der Waals surface area contributed by atoms with E-state index in [1.807, 2.05) is 17.9 Å². The summed E-state index contributed by atoms with van der Waals surface area (Å²) in [6.07, 6.45) is 4.55. The molecule has 2 heterocycles. The molecule has 2 aromatic rings. The van der Waals surface area contributed by atoms with Crippen LogP contribution in [0.3, 0.4) is 0 Å². The van der Waals surface area contributed by atoms with Crippen molar-refractivity contribution in [2.24, 2.45) is 0 Å². The minimum Gasteiger partial charge on any atom is -0.337 e. The maximum atomic E-state index is 12.9. The summed E-state index contributed by atoms with van der Waals surface area (Å²) < 4.78 is 0. The number of nitrogens with one attached hydrogen (secondary N) is 1. The molecule has 1 aromatic carbocycles. The van der Waals surface area contributed by atoms with Crippen LogP contribution >= 0.6 is 0 Å². The molecule has 1 N–H and O–H groups in total. The second-order valence-electron chi connectivity index (χ2n) is 6.82. The van der Waals surface area contributed by atoms with Crippen molar-refractivity contribution in [1.82, 2.24) is 14.9 Å². The van der Waals surface area contributed by atoms with Crippen molar-refractivity contribution >= 4 is 17.5 Å². The van der Waals surface area contributed by atoms with Gasteiger partial charge in [0, 0.05) is 24.5 Å². The van der Waals surface area contributed by atoms with E-state index in [1.165, 1.54) is 12.8 Å². The lowest BCUT2D eigenvalue weighted by atomic mass is 10.1. The summed E-state index contributed by atoms with van der Waals surface area (Å²) in [6.45, 7) is 7.64. The lowest BCUT2D eigenvalue weighted by molar-refractivity contribution is 0.0755. The van der Waals surface area contributed by atoms with Gasteiger partial charge in [0.05, 0.1) is 0 Å². The minimum absolute atomic E-state index is 0.0111. The molecule has 0 aliphatic carbocycles. The Hall–Kier alpha value is -2.43. The van der Waals surface area contributed by atoms with E-state index in [0.717, 1.165) is 48.4 Å². The summed E-state index contributed by atoms with van der Waals surface area (Å²) >= 11 is 0. The van der Waals surface area contributed by atoms with Gasteiger partial charge in [-0.15, -0.1) is 0 Å². The van der Waals surface area contributed by atoms with Crippen LogP contribution in [0.4, 0.5) is 11.6 Å². The van der Waals surface area contributed by atoms with Crippen LogP contribution in [-0.2, 0) is 0 Å². The highest BCUT2D eigenvalue weighted by molar-refractivity contribution is 5.92. The highest BCUT2D eigenvalue weighted by atomic mass is 16.2. The van der Waals surface area contributed by atoms with Gasteiger partial charge in [0.15, 0.2) is 0 Å². The Morgan fingerprint density at radius 2 is 1.64 bits per heavy atom. The van der Waals surface area contributed by atoms with Crippen LogP contribution in [-0.4, -0.2) is 33.9 Å². The first kappa shape index (κ1) is 17.4. The van der Waals surface area contributed by atoms with E-state index >= 15 is 0 Å². The topological polar surface area (TPSA) is 58.1 Å². The van der Waals surface area contributed by atoms with Gasteiger partial charge in [-0.05, 0) is 50.8 Å². The van der Waals surface area contributed by atoms with Crippen molar-refractivity contribution in [3.63, 3.8) is 0 Å². The molecule has 3 rings (SSSR count). The predicted molar refractivity (Wildman–Crippen MR) is 100 cm³/mol. The summed E-state index contributed by atoms with van der Waals surface area (Å²) in [6, 6.07) is 7.91. The number of aryl methyl sites for hydroxylation is 3. The van der Waals surface area contributed by atoms with Crippen molar-refractivity contribution in [2.75, 3.05) is 18.4 Å². The molecule has 1 aliphatic heterocycles. The van der Waals surface area contributed by atoms with Gasteiger partial charge >= 0.3 is 0 Å². The molecule has 0 bridgehead atoms. The molecule has 5 nitrogen and oxygen atoms in total. The Bertz CT molecular complexity index is 744. The van der Waals surface area contributed by atoms with Gasteiger partial charge in [-0.2, -0.15) is 0 Å². The predicted octanol–water partition coefficient (Wildman–Crippen LogP) is 4.16. The first-order valence-corrected chi connectivity index (χ1v) is 9.03. The second-order valence-corrected chi connectivity index (χ2v) is 6.82. The van der Waals surface area contributed by atoms with Crippen LogP contribution in [0.1, 0.15) is 53.0 Å². The molecular formula is C20H26N4O. The van der Waals surface area contributed by atoms with Crippen molar-refractivity contribution in [1.29, 1.82) is 0 Å². The third-order valence-corrected chi connectivity index (χ3v) is 4.68. The number of anilines is 2. The molecule has 1 amide bonds. The Morgan fingerprint density at radius 1 is 1.00 bits per heavy atom. The first-order chi connectivity index (χ1) is 12.0. The Morgan fingerprint density at radius 3 is 2.28 bits per heavy atom. The third kappa shape index (κ3) is 4.16. The number of amides is 1. The highest BCUT2D eigenvalue weighted by Crippen LogP contribution is 2.23. The quantitative estimate of drug-likeness (QED) is 0.913. The Balaban J connectivity index is 1.86. The number of benzene rings is 1. The van der Waals surface area contributed by atoms with Crippen LogP contribution in [0, 0.1) is 20.8 Å². The van der Waals surface area contributed by atoms with E-state index in [9.17, 15) is 4.79 Å². The summed E-state index contributed by atoms with van der Waals surface area (Å²) in [5, 5.41) is 3.30. The molecule has 1 saturated heterocycles. The standard InChI is InChI=1S/C20H26N4O/c1-14-9-8-10-15(2)18(14)23-20-21-16(3)13-17(22-20)19(25)24-11-6-4-5-7-12-24/h8-10,13H,4-7,11-12H2,1-3H3,(H,21,22,23). The van der Waals surface area contributed by atoms with Gasteiger partial charge < -0.3 is 10.2 Å². The van der Waals surface area contributed by atoms with Crippen LogP contribution in [0.5, 0.6) is 0 Å². The highest BCUT2D eigenvalue weighted by Gasteiger charge is 2.20. The smallest absolute Gasteiger partial charge is 0.272 e. The third-order valence-electron chi connectivity index (χ3n) is 4.68. The number of likely N-dealkylation sites (tertiary alicyclic amines) is 1. The van der Waals surface area contributed by atoms with E-state index < -0.39 is 0 Å². The molecule has 0 saturated carbocycles. The van der Waals surface area contributed by atoms with E-state index in [4.69, 9.17) is 0 Å². The number of para-hydroxylation sites is 1. The molecule has 0 atom stereocenters. The molecule has 0 spiro atoms. The van der Waals surface area contributed by atoms with Gasteiger partial charge in [0.2, 0.25) is 5.95 Å². The minimum atomic E-state index is 0.0111. The number of nitrogens with zero attached hydrogens (tertiary/aromatic N) is 3. The molecule has 25 heavy (non-hydrogen) atoms. The zero-order valence-electron chi connectivity index (χ0n) is 15.3. The lowest BCUT2D eigenvalue weighted by Gasteiger charge is -2.20. The van der Waals surface area contributed by atoms with Crippen LogP contribution in [0.15, 0.2) is 24.3 Å². The molecule has 1 aliphatic rings. The molecular weight excluding hydrogens is 312 g/mol. The van der Waals surface area contributed by atoms with Gasteiger partial charge in [-0.1, -0.05) is 31.0 Å². The van der Waals surface area contributed by atoms with Crippen LogP contribution in [0.25, 0.3) is 0 Å². The largest absolute Gasteiger partial charge is 0.337 e. The zero-order valence-corrected chi connectivity index (χ0v) is 15.3. The first-order valence-electron chi connectivity index (χ1n) is 9.03. The number of hydrogen-bond donors (Lipinski definition) is 1. The summed E-state index contributed by atoms with van der Waals surface area (Å²) in [5.41, 5.74) is 4.53. The average molecular weight is 338 g/mol. The summed E-state index contributed by atoms with van der Waals surface area (Å²) in [7, 11) is 0. The molecule has 1 fully saturated rings. The van der Waals surface area contributed by atoms with Crippen molar-refractivity contribution in [3.8, 4) is 0 Å². The van der Waals surface area contributed by atoms with E-state index in [1.54, 1.807) is 6.07 Å². The fourth-order valence-corrected chi connectivity index (χ4v) is 3.29. The number of hydrogen-bond acceptors (Lipinski definition) is 4. The monoisotopic (exact) mass is 338 g/mol. The van der Waals surface area contributed by atoms with E-state index in [-0.39, 0.29) is 5.91 Å². The van der Waals surface area contributed by atoms with Crippen molar-refractivity contribution in [2.45, 2.75) is 46.5 Å². The average Bonchev–Trinajstić information content (AvgIpc) is 2.86. The van der Waals surface area contributed by atoms with E-state index in [2.05, 4.69) is 41.3 Å². The van der Waals surface area contributed by atoms with Crippen molar-refractivity contribution < 1.29 is 4.79 Å². The van der Waals surface area contributed by atoms with E-state index in [0.29, 0.717) is 11.6 Å². The SMILES string of the molecule is Cc1cc(C(=O)N2CCCCCC2)nc(Nc2c(C)cccc2C)n1. The maximum absolute atomic E-state index is 12.9. The fourth-order valence-electron chi connectivity index (χ4n) is 3.29. The Kier molecular flexibility index (Phi) is 5.31. The van der Waals surface area contributed by atoms with Crippen LogP contribution < -0.4 is 5.32 Å². The number of carbonyl (C=O) groups is 1. The number of aromatic nitrogens is 2. The van der Waals surface area contributed by atoms with Crippen LogP contribution in [0.2, 0.25) is 0 Å². The van der Waals surface area contributed by atoms with Gasteiger partial charge in [0.1, 0.15) is 5.69 Å². The zero-order chi connectivity index (χ0) is 17.8. The normalized spacial score (nSPS) is 14.9. The number of carbonyl (C=O) groups excluding carboxylic acids is 1. The summed E-state index contributed by atoms with van der Waals surface area (Å²) in [4.78, 5) is 23.7. The molecule has 1 aromatic heterocycles. The van der Waals surface area contributed by atoms with Gasteiger partial charge in [-0.3, -0.25) is 4.79 Å². The number of rotatable bonds is 3. The van der Waals surface area contributed by atoms with Gasteiger partial charge in [-0.25, -0.2) is 9.97 Å². The molecule has 5 heteroatoms. The maximum Gasteiger partial charge on any atom is 0.272 e. The molecule has 0 radical (unpaired) electrons. The summed E-state index contributed by atoms with van der Waals surface area (Å²) in [5.74, 6) is 0.493. The molecule has 0 unspecified atom stereocenters. The van der Waals surface area contributed by atoms with Gasteiger partial charge in [0.25, 0.3) is 5.91 Å². The van der Waals surface area contributed by atoms with Crippen molar-refractivity contribution in [3.05, 3.63) is 46.8 Å². The lowest BCUT2D eigenvalue weighted by Crippen LogP contribution is -2.32. The Labute approximate surface area is 149 Å². The second kappa shape index (κ2) is 7.64.